The Morgan fingerprint density at radius 1 is 1.12 bits per heavy atom. The number of aromatic hydroxyl groups is 1. The summed E-state index contributed by atoms with van der Waals surface area (Å²) in [5, 5.41) is 22.1. The fourth-order valence-electron chi connectivity index (χ4n) is 4.01. The second kappa shape index (κ2) is 10.2. The number of methoxy groups -OCH3 is 1. The number of carbonyl (C=O) groups is 2. The van der Waals surface area contributed by atoms with Crippen molar-refractivity contribution in [3.05, 3.63) is 57.1 Å². The Balaban J connectivity index is 2.06. The van der Waals surface area contributed by atoms with Crippen molar-refractivity contribution in [1.82, 2.24) is 4.90 Å². The highest BCUT2D eigenvalue weighted by atomic mass is 16.6. The molecule has 0 amide bonds. The molecule has 0 atom stereocenters. The summed E-state index contributed by atoms with van der Waals surface area (Å²) in [5.41, 5.74) is -0.396. The molecule has 0 aliphatic carbocycles. The van der Waals surface area contributed by atoms with Gasteiger partial charge < -0.3 is 14.6 Å². The number of carbonyl (C=O) groups excluding carboxylic acids is 2. The quantitative estimate of drug-likeness (QED) is 0.392. The van der Waals surface area contributed by atoms with Crippen molar-refractivity contribution in [1.29, 1.82) is 0 Å². The maximum atomic E-state index is 13.1. The predicted octanol–water partition coefficient (Wildman–Crippen LogP) is 3.71. The van der Waals surface area contributed by atoms with E-state index < -0.39 is 22.6 Å². The number of aryl methyl sites for hydroxylation is 1. The first-order valence-electron chi connectivity index (χ1n) is 10.4. The molecule has 1 saturated heterocycles. The molecule has 0 aromatic heterocycles. The van der Waals surface area contributed by atoms with Gasteiger partial charge in [-0.2, -0.15) is 0 Å². The highest BCUT2D eigenvalue weighted by Gasteiger charge is 2.31. The molecule has 2 aromatic rings. The number of piperidine rings is 1. The predicted molar refractivity (Wildman–Crippen MR) is 117 cm³/mol. The number of nitro benzene ring substituents is 1. The van der Waals surface area contributed by atoms with Crippen LogP contribution in [0.15, 0.2) is 30.3 Å². The van der Waals surface area contributed by atoms with Gasteiger partial charge in [0.25, 0.3) is 5.69 Å². The number of nitro groups is 1. The molecule has 9 nitrogen and oxygen atoms in total. The first-order valence-corrected chi connectivity index (χ1v) is 10.4. The average Bonchev–Trinajstić information content (AvgIpc) is 2.78. The van der Waals surface area contributed by atoms with Gasteiger partial charge >= 0.3 is 11.9 Å². The molecular formula is C23H26N2O7. The van der Waals surface area contributed by atoms with Crippen molar-refractivity contribution in [3.8, 4) is 16.9 Å². The van der Waals surface area contributed by atoms with Crippen LogP contribution in [0.2, 0.25) is 0 Å². The minimum atomic E-state index is -0.919. The molecule has 3 rings (SSSR count). The molecule has 32 heavy (non-hydrogen) atoms. The van der Waals surface area contributed by atoms with E-state index in [9.17, 15) is 24.8 Å². The van der Waals surface area contributed by atoms with Crippen LogP contribution in [-0.2, 0) is 9.47 Å². The Hall–Kier alpha value is -3.46. The van der Waals surface area contributed by atoms with E-state index in [1.165, 1.54) is 30.7 Å². The summed E-state index contributed by atoms with van der Waals surface area (Å²) in [5.74, 6) is -2.08. The van der Waals surface area contributed by atoms with Gasteiger partial charge in [-0.05, 0) is 50.6 Å². The summed E-state index contributed by atoms with van der Waals surface area (Å²) < 4.78 is 10.3. The van der Waals surface area contributed by atoms with E-state index in [0.29, 0.717) is 12.1 Å². The number of phenolic OH excluding ortho intramolecular Hbond substituents is 1. The van der Waals surface area contributed by atoms with Crippen LogP contribution in [0.25, 0.3) is 11.1 Å². The number of ether oxygens (including phenoxy) is 2. The number of para-hydroxylation sites is 1. The zero-order valence-electron chi connectivity index (χ0n) is 18.1. The lowest BCUT2D eigenvalue weighted by Gasteiger charge is -2.26. The van der Waals surface area contributed by atoms with Crippen molar-refractivity contribution in [2.24, 2.45) is 0 Å². The van der Waals surface area contributed by atoms with Crippen molar-refractivity contribution in [2.45, 2.75) is 26.2 Å². The third kappa shape index (κ3) is 4.88. The number of hydrogen-bond donors (Lipinski definition) is 1. The minimum Gasteiger partial charge on any atom is -0.507 e. The molecule has 170 valence electrons. The van der Waals surface area contributed by atoms with Crippen molar-refractivity contribution >= 4 is 17.6 Å². The summed E-state index contributed by atoms with van der Waals surface area (Å²) in [6, 6.07) is 6.97. The number of likely N-dealkylation sites (tertiary alicyclic amines) is 1. The van der Waals surface area contributed by atoms with Crippen molar-refractivity contribution in [2.75, 3.05) is 33.4 Å². The monoisotopic (exact) mass is 442 g/mol. The molecule has 0 unspecified atom stereocenters. The van der Waals surface area contributed by atoms with Crippen LogP contribution in [-0.4, -0.2) is 60.2 Å². The summed E-state index contributed by atoms with van der Waals surface area (Å²) in [6.45, 7) is 4.18. The molecule has 1 aliphatic heterocycles. The number of hydrogen-bond acceptors (Lipinski definition) is 8. The number of esters is 2. The van der Waals surface area contributed by atoms with Crippen LogP contribution >= 0.6 is 0 Å². The van der Waals surface area contributed by atoms with Crippen molar-refractivity contribution in [3.63, 3.8) is 0 Å². The van der Waals surface area contributed by atoms with E-state index in [1.807, 2.05) is 0 Å². The maximum absolute atomic E-state index is 13.1. The third-order valence-corrected chi connectivity index (χ3v) is 5.56. The first kappa shape index (κ1) is 23.2. The van der Waals surface area contributed by atoms with Crippen LogP contribution in [0.5, 0.6) is 5.75 Å². The first-order chi connectivity index (χ1) is 15.3. The number of rotatable bonds is 7. The Labute approximate surface area is 185 Å². The highest BCUT2D eigenvalue weighted by Crippen LogP contribution is 2.40. The normalized spacial score (nSPS) is 14.1. The number of nitrogens with zero attached hydrogens (tertiary/aromatic N) is 2. The third-order valence-electron chi connectivity index (χ3n) is 5.56. The Morgan fingerprint density at radius 3 is 2.47 bits per heavy atom. The minimum absolute atomic E-state index is 0.0138. The largest absolute Gasteiger partial charge is 0.507 e. The van der Waals surface area contributed by atoms with Gasteiger partial charge in [0.15, 0.2) is 0 Å². The van der Waals surface area contributed by atoms with Gasteiger partial charge in [0.2, 0.25) is 0 Å². The molecule has 0 spiro atoms. The van der Waals surface area contributed by atoms with Crippen molar-refractivity contribution < 1.29 is 29.1 Å². The van der Waals surface area contributed by atoms with Gasteiger partial charge in [0, 0.05) is 18.2 Å². The van der Waals surface area contributed by atoms with Gasteiger partial charge in [0.1, 0.15) is 17.9 Å². The van der Waals surface area contributed by atoms with E-state index in [1.54, 1.807) is 13.0 Å². The molecule has 1 N–H and O–H groups in total. The average molecular weight is 442 g/mol. The van der Waals surface area contributed by atoms with Crippen LogP contribution in [0, 0.1) is 17.0 Å². The molecule has 1 fully saturated rings. The zero-order chi connectivity index (χ0) is 23.3. The molecule has 9 heteroatoms. The van der Waals surface area contributed by atoms with Gasteiger partial charge in [-0.3, -0.25) is 15.0 Å². The van der Waals surface area contributed by atoms with Gasteiger partial charge in [-0.15, -0.1) is 0 Å². The maximum Gasteiger partial charge on any atom is 0.342 e. The molecule has 1 heterocycles. The fourth-order valence-corrected chi connectivity index (χ4v) is 4.01. The Bertz CT molecular complexity index is 1030. The van der Waals surface area contributed by atoms with E-state index in [2.05, 4.69) is 4.90 Å². The highest BCUT2D eigenvalue weighted by molar-refractivity contribution is 6.09. The van der Waals surface area contributed by atoms with E-state index >= 15 is 0 Å². The van der Waals surface area contributed by atoms with Crippen LogP contribution in [0.4, 0.5) is 5.69 Å². The summed E-state index contributed by atoms with van der Waals surface area (Å²) in [4.78, 5) is 38.9. The lowest BCUT2D eigenvalue weighted by Crippen LogP contribution is -2.33. The summed E-state index contributed by atoms with van der Waals surface area (Å²) >= 11 is 0. The number of benzene rings is 2. The SMILES string of the molecule is COC(=O)c1c(O)cc(C)c(C(=O)OCCN2CCCCC2)c1-c1ccccc1[N+](=O)[O-]. The van der Waals surface area contributed by atoms with Crippen LogP contribution < -0.4 is 0 Å². The molecule has 0 bridgehead atoms. The molecule has 0 saturated carbocycles. The van der Waals surface area contributed by atoms with Gasteiger partial charge in [0.05, 0.1) is 23.2 Å². The van der Waals surface area contributed by atoms with Crippen LogP contribution in [0.3, 0.4) is 0 Å². The molecule has 0 radical (unpaired) electrons. The van der Waals surface area contributed by atoms with E-state index in [0.717, 1.165) is 33.0 Å². The van der Waals surface area contributed by atoms with Gasteiger partial charge in [-0.1, -0.05) is 18.6 Å². The van der Waals surface area contributed by atoms with E-state index in [-0.39, 0.29) is 34.5 Å². The molecule has 2 aromatic carbocycles. The zero-order valence-corrected chi connectivity index (χ0v) is 18.1. The Morgan fingerprint density at radius 2 is 1.81 bits per heavy atom. The topological polar surface area (TPSA) is 119 Å². The smallest absolute Gasteiger partial charge is 0.342 e. The summed E-state index contributed by atoms with van der Waals surface area (Å²) in [7, 11) is 1.13. The second-order valence-electron chi connectivity index (χ2n) is 7.64. The molecular weight excluding hydrogens is 416 g/mol. The lowest BCUT2D eigenvalue weighted by atomic mass is 9.89. The Kier molecular flexibility index (Phi) is 7.42. The second-order valence-corrected chi connectivity index (χ2v) is 7.64. The van der Waals surface area contributed by atoms with Crippen LogP contribution in [0.1, 0.15) is 45.5 Å². The van der Waals surface area contributed by atoms with Gasteiger partial charge in [-0.25, -0.2) is 9.59 Å². The number of phenols is 1. The van der Waals surface area contributed by atoms with E-state index in [4.69, 9.17) is 9.47 Å². The standard InChI is InChI=1S/C23H26N2O7/c1-15-14-18(26)21(22(27)31-2)20(16-8-4-5-9-17(16)25(29)30)19(15)23(28)32-13-12-24-10-6-3-7-11-24/h4-5,8-9,14,26H,3,6-7,10-13H2,1-2H3. The summed E-state index contributed by atoms with van der Waals surface area (Å²) in [6.07, 6.45) is 3.41. The lowest BCUT2D eigenvalue weighted by molar-refractivity contribution is -0.384. The molecule has 1 aliphatic rings. The fraction of sp³-hybridized carbons (Fsp3) is 0.391.